The summed E-state index contributed by atoms with van der Waals surface area (Å²) in [7, 11) is 0. The summed E-state index contributed by atoms with van der Waals surface area (Å²) in [5.41, 5.74) is 2.33. The third-order valence-corrected chi connectivity index (χ3v) is 7.24. The van der Waals surface area contributed by atoms with Gasteiger partial charge in [0.05, 0.1) is 17.0 Å². The fraction of sp³-hybridized carbons (Fsp3) is 0.242. The van der Waals surface area contributed by atoms with E-state index in [0.717, 1.165) is 22.8 Å². The Balaban J connectivity index is 0.00000462. The molecule has 0 saturated carbocycles. The Hall–Kier alpha value is -3.32. The third kappa shape index (κ3) is 8.83. The van der Waals surface area contributed by atoms with Gasteiger partial charge in [-0.15, -0.1) is 12.4 Å². The van der Waals surface area contributed by atoms with Crippen molar-refractivity contribution in [1.29, 1.82) is 0 Å². The second kappa shape index (κ2) is 15.1. The summed E-state index contributed by atoms with van der Waals surface area (Å²) in [4.78, 5) is 14.9. The number of carbonyl (C=O) groups is 1. The van der Waals surface area contributed by atoms with Gasteiger partial charge in [0, 0.05) is 19.0 Å². The standard InChI is InChI=1S/C33H31ClF3NO2.ClH/c1-2-30(40-31(39)21-24-13-6-3-7-14-24)38(22-27-19-12-20-29(32(27)34)33(35,36)37)23-28(25-15-8-4-9-16-25)26-17-10-5-11-18-26;/h3-20,28,30H,2,21-23H2,1H3;1H. The molecular formula is C33H32Cl2F3NO2. The largest absolute Gasteiger partial charge is 0.446 e. The van der Waals surface area contributed by atoms with Gasteiger partial charge in [-0.2, -0.15) is 13.2 Å². The molecule has 4 rings (SSSR count). The molecule has 0 spiro atoms. The summed E-state index contributed by atoms with van der Waals surface area (Å²) < 4.78 is 46.9. The lowest BCUT2D eigenvalue weighted by Gasteiger charge is -2.34. The molecule has 0 saturated heterocycles. The van der Waals surface area contributed by atoms with Crippen LogP contribution in [0.2, 0.25) is 5.02 Å². The predicted molar refractivity (Wildman–Crippen MR) is 159 cm³/mol. The van der Waals surface area contributed by atoms with Crippen LogP contribution in [0.5, 0.6) is 0 Å². The summed E-state index contributed by atoms with van der Waals surface area (Å²) in [5.74, 6) is -0.539. The van der Waals surface area contributed by atoms with Gasteiger partial charge in [0.2, 0.25) is 0 Å². The number of carbonyl (C=O) groups excluding carboxylic acids is 1. The summed E-state index contributed by atoms with van der Waals surface area (Å²) in [6.45, 7) is 2.34. The minimum atomic E-state index is -4.58. The highest BCUT2D eigenvalue weighted by molar-refractivity contribution is 6.32. The van der Waals surface area contributed by atoms with Crippen LogP contribution >= 0.6 is 24.0 Å². The molecular weight excluding hydrogens is 570 g/mol. The van der Waals surface area contributed by atoms with Gasteiger partial charge in [0.25, 0.3) is 0 Å². The highest BCUT2D eigenvalue weighted by atomic mass is 35.5. The van der Waals surface area contributed by atoms with Crippen LogP contribution in [-0.4, -0.2) is 23.6 Å². The lowest BCUT2D eigenvalue weighted by atomic mass is 9.90. The van der Waals surface area contributed by atoms with Gasteiger partial charge in [-0.3, -0.25) is 9.69 Å². The first-order chi connectivity index (χ1) is 19.3. The lowest BCUT2D eigenvalue weighted by Crippen LogP contribution is -2.41. The molecule has 0 aliphatic carbocycles. The van der Waals surface area contributed by atoms with Crippen molar-refractivity contribution in [2.45, 2.75) is 44.6 Å². The molecule has 0 radical (unpaired) electrons. The number of hydrogen-bond acceptors (Lipinski definition) is 3. The maximum absolute atomic E-state index is 13.7. The molecule has 216 valence electrons. The maximum atomic E-state index is 13.7. The Morgan fingerprint density at radius 3 is 1.88 bits per heavy atom. The molecule has 1 unspecified atom stereocenters. The van der Waals surface area contributed by atoms with E-state index in [4.69, 9.17) is 16.3 Å². The van der Waals surface area contributed by atoms with Crippen molar-refractivity contribution in [3.8, 4) is 0 Å². The van der Waals surface area contributed by atoms with Gasteiger partial charge in [0.15, 0.2) is 6.23 Å². The van der Waals surface area contributed by atoms with E-state index in [0.29, 0.717) is 18.5 Å². The van der Waals surface area contributed by atoms with Crippen LogP contribution in [0.4, 0.5) is 13.2 Å². The second-order valence-corrected chi connectivity index (χ2v) is 9.97. The van der Waals surface area contributed by atoms with Crippen LogP contribution in [0.15, 0.2) is 109 Å². The Labute approximate surface area is 250 Å². The van der Waals surface area contributed by atoms with Gasteiger partial charge < -0.3 is 4.74 Å². The quantitative estimate of drug-likeness (QED) is 0.127. The minimum absolute atomic E-state index is 0. The van der Waals surface area contributed by atoms with E-state index in [1.165, 1.54) is 6.07 Å². The Morgan fingerprint density at radius 2 is 1.37 bits per heavy atom. The van der Waals surface area contributed by atoms with E-state index in [1.807, 2.05) is 103 Å². The molecule has 4 aromatic carbocycles. The van der Waals surface area contributed by atoms with Gasteiger partial charge in [-0.1, -0.05) is 122 Å². The van der Waals surface area contributed by atoms with Crippen LogP contribution in [0.25, 0.3) is 0 Å². The normalized spacial score (nSPS) is 12.2. The van der Waals surface area contributed by atoms with Gasteiger partial charge in [-0.25, -0.2) is 0 Å². The number of hydrogen-bond donors (Lipinski definition) is 0. The van der Waals surface area contributed by atoms with E-state index in [1.54, 1.807) is 6.07 Å². The molecule has 4 aromatic rings. The van der Waals surface area contributed by atoms with E-state index < -0.39 is 23.9 Å². The Morgan fingerprint density at radius 1 is 0.829 bits per heavy atom. The van der Waals surface area contributed by atoms with Crippen molar-refractivity contribution in [1.82, 2.24) is 4.90 Å². The zero-order chi connectivity index (χ0) is 28.5. The van der Waals surface area contributed by atoms with Crippen LogP contribution in [0.3, 0.4) is 0 Å². The predicted octanol–water partition coefficient (Wildman–Crippen LogP) is 8.94. The first-order valence-electron chi connectivity index (χ1n) is 13.2. The molecule has 0 N–H and O–H groups in total. The van der Waals surface area contributed by atoms with Gasteiger partial charge in [0.1, 0.15) is 0 Å². The Kier molecular flexibility index (Phi) is 11.8. The lowest BCUT2D eigenvalue weighted by molar-refractivity contribution is -0.159. The molecule has 1 atom stereocenters. The fourth-order valence-corrected chi connectivity index (χ4v) is 5.10. The smallest absolute Gasteiger partial charge is 0.417 e. The average molecular weight is 603 g/mol. The van der Waals surface area contributed by atoms with Crippen molar-refractivity contribution in [2.24, 2.45) is 0 Å². The first kappa shape index (κ1) is 32.2. The fourth-order valence-electron chi connectivity index (χ4n) is 4.80. The van der Waals surface area contributed by atoms with Crippen molar-refractivity contribution in [2.75, 3.05) is 6.54 Å². The van der Waals surface area contributed by atoms with E-state index >= 15 is 0 Å². The molecule has 0 aromatic heterocycles. The van der Waals surface area contributed by atoms with Crippen LogP contribution in [0.1, 0.15) is 47.1 Å². The summed E-state index contributed by atoms with van der Waals surface area (Å²) in [6, 6.07) is 33.0. The molecule has 0 fully saturated rings. The van der Waals surface area contributed by atoms with Crippen molar-refractivity contribution in [3.63, 3.8) is 0 Å². The molecule has 3 nitrogen and oxygen atoms in total. The number of esters is 1. The summed E-state index contributed by atoms with van der Waals surface area (Å²) in [6.07, 6.45) is -4.73. The number of nitrogens with zero attached hydrogens (tertiary/aromatic N) is 1. The molecule has 0 bridgehead atoms. The summed E-state index contributed by atoms with van der Waals surface area (Å²) in [5, 5.41) is -0.346. The monoisotopic (exact) mass is 601 g/mol. The highest BCUT2D eigenvalue weighted by Crippen LogP contribution is 2.37. The van der Waals surface area contributed by atoms with Crippen molar-refractivity contribution in [3.05, 3.63) is 142 Å². The van der Waals surface area contributed by atoms with Crippen LogP contribution in [-0.2, 0) is 28.7 Å². The second-order valence-electron chi connectivity index (χ2n) is 9.59. The molecule has 0 aliphatic heterocycles. The van der Waals surface area contributed by atoms with E-state index in [9.17, 15) is 18.0 Å². The maximum Gasteiger partial charge on any atom is 0.417 e. The molecule has 0 amide bonds. The van der Waals surface area contributed by atoms with Crippen LogP contribution < -0.4 is 0 Å². The van der Waals surface area contributed by atoms with Crippen LogP contribution in [0, 0.1) is 0 Å². The van der Waals surface area contributed by atoms with Crippen molar-refractivity contribution < 1.29 is 22.7 Å². The Bertz CT molecular complexity index is 1330. The number of halogens is 5. The van der Waals surface area contributed by atoms with Gasteiger partial charge in [-0.05, 0) is 34.7 Å². The molecule has 0 aliphatic rings. The average Bonchev–Trinajstić information content (AvgIpc) is 2.96. The summed E-state index contributed by atoms with van der Waals surface area (Å²) >= 11 is 6.31. The van der Waals surface area contributed by atoms with Gasteiger partial charge >= 0.3 is 12.1 Å². The van der Waals surface area contributed by atoms with E-state index in [-0.39, 0.29) is 36.3 Å². The zero-order valence-corrected chi connectivity index (χ0v) is 24.1. The first-order valence-corrected chi connectivity index (χ1v) is 13.6. The number of alkyl halides is 3. The number of ether oxygens (including phenoxy) is 1. The SMILES string of the molecule is CCC(OC(=O)Cc1ccccc1)N(Cc1cccc(C(F)(F)F)c1Cl)CC(c1ccccc1)c1ccccc1.Cl. The molecule has 8 heteroatoms. The number of benzene rings is 4. The topological polar surface area (TPSA) is 29.5 Å². The van der Waals surface area contributed by atoms with Crippen molar-refractivity contribution >= 4 is 30.0 Å². The molecule has 41 heavy (non-hydrogen) atoms. The zero-order valence-electron chi connectivity index (χ0n) is 22.6. The third-order valence-electron chi connectivity index (χ3n) is 6.79. The minimum Gasteiger partial charge on any atom is -0.446 e. The highest BCUT2D eigenvalue weighted by Gasteiger charge is 2.34. The number of rotatable bonds is 11. The molecule has 0 heterocycles. The van der Waals surface area contributed by atoms with E-state index in [2.05, 4.69) is 0 Å².